The van der Waals surface area contributed by atoms with Crippen LogP contribution in [0.25, 0.3) is 5.69 Å². The number of carbonyl (C=O) groups excluding carboxylic acids is 1. The Hall–Kier alpha value is -2.30. The minimum absolute atomic E-state index is 0.0876. The van der Waals surface area contributed by atoms with E-state index in [-0.39, 0.29) is 18.4 Å². The molecule has 1 aromatic heterocycles. The quantitative estimate of drug-likeness (QED) is 0.710. The van der Waals surface area contributed by atoms with Crippen LogP contribution in [0.5, 0.6) is 0 Å². The highest BCUT2D eigenvalue weighted by Crippen LogP contribution is 2.22. The van der Waals surface area contributed by atoms with Crippen LogP contribution in [0.15, 0.2) is 61.2 Å². The van der Waals surface area contributed by atoms with Gasteiger partial charge in [-0.25, -0.2) is 4.98 Å². The summed E-state index contributed by atoms with van der Waals surface area (Å²) in [5, 5.41) is 4.05. The van der Waals surface area contributed by atoms with E-state index in [0.29, 0.717) is 10.0 Å². The zero-order valence-corrected chi connectivity index (χ0v) is 15.1. The van der Waals surface area contributed by atoms with Gasteiger partial charge in [-0.15, -0.1) is 0 Å². The molecule has 1 atom stereocenters. The number of benzene rings is 2. The zero-order valence-electron chi connectivity index (χ0n) is 13.6. The number of amides is 1. The molecule has 3 rings (SSSR count). The first-order chi connectivity index (χ1) is 12.0. The van der Waals surface area contributed by atoms with E-state index in [1.807, 2.05) is 42.0 Å². The van der Waals surface area contributed by atoms with Gasteiger partial charge < -0.3 is 9.88 Å². The molecule has 25 heavy (non-hydrogen) atoms. The molecule has 2 aromatic carbocycles. The molecule has 4 nitrogen and oxygen atoms in total. The van der Waals surface area contributed by atoms with Crippen LogP contribution in [-0.4, -0.2) is 15.5 Å². The Balaban J connectivity index is 1.63. The predicted octanol–water partition coefficient (Wildman–Crippen LogP) is 4.60. The molecule has 0 radical (unpaired) electrons. The number of imidazole rings is 1. The van der Waals surface area contributed by atoms with E-state index in [2.05, 4.69) is 10.3 Å². The minimum atomic E-state index is -0.101. The molecule has 6 heteroatoms. The smallest absolute Gasteiger partial charge is 0.224 e. The van der Waals surface area contributed by atoms with Gasteiger partial charge in [-0.3, -0.25) is 4.79 Å². The molecular formula is C19H17Cl2N3O. The van der Waals surface area contributed by atoms with Gasteiger partial charge in [0.2, 0.25) is 5.91 Å². The van der Waals surface area contributed by atoms with E-state index < -0.39 is 0 Å². The van der Waals surface area contributed by atoms with Crippen molar-refractivity contribution in [2.45, 2.75) is 19.4 Å². The van der Waals surface area contributed by atoms with Crippen LogP contribution >= 0.6 is 23.2 Å². The van der Waals surface area contributed by atoms with Crippen molar-refractivity contribution in [1.29, 1.82) is 0 Å². The second kappa shape index (κ2) is 7.72. The van der Waals surface area contributed by atoms with E-state index in [4.69, 9.17) is 23.2 Å². The highest BCUT2D eigenvalue weighted by molar-refractivity contribution is 6.35. The van der Waals surface area contributed by atoms with Gasteiger partial charge in [0, 0.05) is 28.1 Å². The average molecular weight is 374 g/mol. The van der Waals surface area contributed by atoms with Crippen LogP contribution in [-0.2, 0) is 11.2 Å². The number of aromatic nitrogens is 2. The van der Waals surface area contributed by atoms with Crippen molar-refractivity contribution in [2.24, 2.45) is 0 Å². The minimum Gasteiger partial charge on any atom is -0.349 e. The first kappa shape index (κ1) is 17.5. The summed E-state index contributed by atoms with van der Waals surface area (Å²) in [6.45, 7) is 1.95. The fourth-order valence-corrected chi connectivity index (χ4v) is 3.04. The normalized spacial score (nSPS) is 12.0. The monoisotopic (exact) mass is 373 g/mol. The predicted molar refractivity (Wildman–Crippen MR) is 100 cm³/mol. The lowest BCUT2D eigenvalue weighted by Crippen LogP contribution is -2.28. The van der Waals surface area contributed by atoms with Crippen LogP contribution in [0, 0.1) is 0 Å². The number of carbonyl (C=O) groups is 1. The first-order valence-corrected chi connectivity index (χ1v) is 8.60. The lowest BCUT2D eigenvalue weighted by molar-refractivity contribution is -0.121. The lowest BCUT2D eigenvalue weighted by atomic mass is 10.1. The number of hydrogen-bond acceptors (Lipinski definition) is 2. The highest BCUT2D eigenvalue weighted by atomic mass is 35.5. The summed E-state index contributed by atoms with van der Waals surface area (Å²) in [4.78, 5) is 16.3. The molecule has 0 saturated carbocycles. The zero-order chi connectivity index (χ0) is 17.8. The molecule has 0 bridgehead atoms. The van der Waals surface area contributed by atoms with Gasteiger partial charge in [-0.2, -0.15) is 0 Å². The molecule has 0 aliphatic heterocycles. The Labute approximate surface area is 156 Å². The lowest BCUT2D eigenvalue weighted by Gasteiger charge is -2.15. The molecule has 0 spiro atoms. The van der Waals surface area contributed by atoms with E-state index in [1.54, 1.807) is 30.7 Å². The van der Waals surface area contributed by atoms with E-state index in [1.165, 1.54) is 0 Å². The summed E-state index contributed by atoms with van der Waals surface area (Å²) in [5.41, 5.74) is 2.80. The summed E-state index contributed by atoms with van der Waals surface area (Å²) in [6.07, 6.45) is 5.58. The molecule has 0 aliphatic carbocycles. The fraction of sp³-hybridized carbons (Fsp3) is 0.158. The average Bonchev–Trinajstić information content (AvgIpc) is 3.12. The van der Waals surface area contributed by atoms with E-state index >= 15 is 0 Å². The molecule has 0 fully saturated rings. The molecule has 0 saturated heterocycles. The number of nitrogens with zero attached hydrogens (tertiary/aromatic N) is 2. The Morgan fingerprint density at radius 2 is 1.96 bits per heavy atom. The van der Waals surface area contributed by atoms with Crippen LogP contribution in [0.3, 0.4) is 0 Å². The van der Waals surface area contributed by atoms with Crippen molar-refractivity contribution >= 4 is 29.1 Å². The molecule has 1 heterocycles. The van der Waals surface area contributed by atoms with Crippen molar-refractivity contribution in [3.05, 3.63) is 82.4 Å². The maximum atomic E-state index is 12.3. The topological polar surface area (TPSA) is 46.9 Å². The standard InChI is InChI=1S/C19H17Cl2N3O/c1-13(14-3-6-17(7-4-14)24-9-8-22-12-24)23-19(25)10-15-2-5-16(20)11-18(15)21/h2-9,11-13H,10H2,1H3,(H,23,25). The third-order valence-corrected chi connectivity index (χ3v) is 4.53. The Morgan fingerprint density at radius 3 is 2.60 bits per heavy atom. The largest absolute Gasteiger partial charge is 0.349 e. The van der Waals surface area contributed by atoms with Crippen molar-refractivity contribution in [2.75, 3.05) is 0 Å². The second-order valence-corrected chi connectivity index (χ2v) is 6.61. The third-order valence-electron chi connectivity index (χ3n) is 3.94. The molecule has 1 unspecified atom stereocenters. The molecule has 3 aromatic rings. The van der Waals surface area contributed by atoms with Gasteiger partial charge in [0.15, 0.2) is 0 Å². The van der Waals surface area contributed by atoms with Gasteiger partial charge >= 0.3 is 0 Å². The molecule has 0 aliphatic rings. The Bertz CT molecular complexity index is 861. The van der Waals surface area contributed by atoms with E-state index in [0.717, 1.165) is 16.8 Å². The summed E-state index contributed by atoms with van der Waals surface area (Å²) in [7, 11) is 0. The Kier molecular flexibility index (Phi) is 5.41. The molecule has 1 N–H and O–H groups in total. The number of rotatable bonds is 5. The summed E-state index contributed by atoms with van der Waals surface area (Å²) in [5.74, 6) is -0.0876. The maximum absolute atomic E-state index is 12.3. The van der Waals surface area contributed by atoms with Crippen molar-refractivity contribution < 1.29 is 4.79 Å². The molecular weight excluding hydrogens is 357 g/mol. The van der Waals surface area contributed by atoms with Crippen LogP contribution < -0.4 is 5.32 Å². The summed E-state index contributed by atoms with van der Waals surface area (Å²) < 4.78 is 1.93. The SMILES string of the molecule is CC(NC(=O)Cc1ccc(Cl)cc1Cl)c1ccc(-n2ccnc2)cc1. The van der Waals surface area contributed by atoms with Gasteiger partial charge in [0.1, 0.15) is 0 Å². The van der Waals surface area contributed by atoms with Gasteiger partial charge in [0.05, 0.1) is 18.8 Å². The number of hydrogen-bond donors (Lipinski definition) is 1. The van der Waals surface area contributed by atoms with Crippen molar-refractivity contribution in [1.82, 2.24) is 14.9 Å². The Morgan fingerprint density at radius 1 is 1.20 bits per heavy atom. The van der Waals surface area contributed by atoms with Crippen LogP contribution in [0.4, 0.5) is 0 Å². The first-order valence-electron chi connectivity index (χ1n) is 7.84. The van der Waals surface area contributed by atoms with Crippen LogP contribution in [0.2, 0.25) is 10.0 Å². The summed E-state index contributed by atoms with van der Waals surface area (Å²) >= 11 is 12.0. The second-order valence-electron chi connectivity index (χ2n) is 5.76. The number of halogens is 2. The van der Waals surface area contributed by atoms with Crippen LogP contribution in [0.1, 0.15) is 24.1 Å². The highest BCUT2D eigenvalue weighted by Gasteiger charge is 2.12. The third kappa shape index (κ3) is 4.41. The molecule has 1 amide bonds. The van der Waals surface area contributed by atoms with Crippen molar-refractivity contribution in [3.63, 3.8) is 0 Å². The van der Waals surface area contributed by atoms with Gasteiger partial charge in [-0.05, 0) is 42.3 Å². The van der Waals surface area contributed by atoms with Crippen molar-refractivity contribution in [3.8, 4) is 5.69 Å². The van der Waals surface area contributed by atoms with Gasteiger partial charge in [-0.1, -0.05) is 41.4 Å². The number of nitrogens with one attached hydrogen (secondary N) is 1. The molecule has 128 valence electrons. The maximum Gasteiger partial charge on any atom is 0.224 e. The van der Waals surface area contributed by atoms with E-state index in [9.17, 15) is 4.79 Å². The summed E-state index contributed by atoms with van der Waals surface area (Å²) in [6, 6.07) is 13.0. The fourth-order valence-electron chi connectivity index (χ4n) is 2.56. The van der Waals surface area contributed by atoms with Gasteiger partial charge in [0.25, 0.3) is 0 Å².